The molecule has 1 amide bonds. The van der Waals surface area contributed by atoms with Crippen LogP contribution in [0.2, 0.25) is 0 Å². The molecule has 11 heteroatoms. The van der Waals surface area contributed by atoms with Crippen molar-refractivity contribution in [2.45, 2.75) is 46.1 Å². The van der Waals surface area contributed by atoms with Gasteiger partial charge >= 0.3 is 6.09 Å². The van der Waals surface area contributed by atoms with Crippen LogP contribution in [0, 0.1) is 6.92 Å². The number of fused-ring (bicyclic) bond motifs is 3. The molecule has 4 aromatic rings. The van der Waals surface area contributed by atoms with Gasteiger partial charge in [0.05, 0.1) is 17.7 Å². The monoisotopic (exact) mass is 573 g/mol. The average Bonchev–Trinajstić information content (AvgIpc) is 3.59. The van der Waals surface area contributed by atoms with E-state index in [0.29, 0.717) is 30.8 Å². The molecule has 10 nitrogen and oxygen atoms in total. The molecule has 0 saturated carbocycles. The summed E-state index contributed by atoms with van der Waals surface area (Å²) in [4.78, 5) is 36.8. The zero-order chi connectivity index (χ0) is 28.7. The van der Waals surface area contributed by atoms with Crippen LogP contribution in [0.3, 0.4) is 0 Å². The maximum atomic E-state index is 12.5. The van der Waals surface area contributed by atoms with Gasteiger partial charge in [0.1, 0.15) is 20.6 Å². The number of anilines is 1. The predicted octanol–water partition coefficient (Wildman–Crippen LogP) is 5.27. The van der Waals surface area contributed by atoms with Crippen molar-refractivity contribution in [2.24, 2.45) is 0 Å². The third kappa shape index (κ3) is 5.56. The second-order valence-corrected chi connectivity index (χ2v) is 12.3. The van der Waals surface area contributed by atoms with E-state index in [1.807, 2.05) is 59.0 Å². The van der Waals surface area contributed by atoms with E-state index in [1.165, 1.54) is 0 Å². The molecule has 1 aromatic carbocycles. The van der Waals surface area contributed by atoms with Crippen LogP contribution in [-0.4, -0.2) is 75.9 Å². The van der Waals surface area contributed by atoms with Gasteiger partial charge in [-0.05, 0) is 40.2 Å². The van der Waals surface area contributed by atoms with Crippen LogP contribution in [-0.2, 0) is 4.74 Å². The molecule has 0 radical (unpaired) electrons. The van der Waals surface area contributed by atoms with Crippen molar-refractivity contribution >= 4 is 43.8 Å². The third-order valence-corrected chi connectivity index (χ3v) is 8.17. The molecule has 41 heavy (non-hydrogen) atoms. The largest absolute Gasteiger partial charge is 0.477 e. The van der Waals surface area contributed by atoms with Crippen molar-refractivity contribution in [3.63, 3.8) is 0 Å². The molecule has 1 N–H and O–H groups in total. The third-order valence-electron chi connectivity index (χ3n) is 7.11. The molecule has 214 valence electrons. The van der Waals surface area contributed by atoms with Crippen LogP contribution in [0.25, 0.3) is 31.8 Å². The molecule has 2 aliphatic heterocycles. The van der Waals surface area contributed by atoms with Gasteiger partial charge in [-0.25, -0.2) is 19.7 Å². The number of carbonyl (C=O) groups is 1. The number of benzene rings is 1. The highest BCUT2D eigenvalue weighted by Gasteiger charge is 2.27. The van der Waals surface area contributed by atoms with Crippen LogP contribution in [0.1, 0.15) is 44.9 Å². The van der Waals surface area contributed by atoms with E-state index in [1.54, 1.807) is 16.2 Å². The van der Waals surface area contributed by atoms with Crippen LogP contribution in [0.15, 0.2) is 36.5 Å². The first kappa shape index (κ1) is 27.3. The average molecular weight is 574 g/mol. The lowest BCUT2D eigenvalue weighted by atomic mass is 9.99. The van der Waals surface area contributed by atoms with Crippen LogP contribution >= 0.6 is 11.3 Å². The van der Waals surface area contributed by atoms with E-state index in [2.05, 4.69) is 22.3 Å². The zero-order valence-corrected chi connectivity index (χ0v) is 24.9. The molecule has 1 atom stereocenters. The maximum absolute atomic E-state index is 12.5. The molecule has 6 rings (SSSR count). The Hall–Kier alpha value is -3.83. The highest BCUT2D eigenvalue weighted by molar-refractivity contribution is 7.25. The molecule has 5 heterocycles. The zero-order valence-electron chi connectivity index (χ0n) is 24.1. The van der Waals surface area contributed by atoms with Crippen molar-refractivity contribution in [3.05, 3.63) is 47.8 Å². The van der Waals surface area contributed by atoms with E-state index in [-0.39, 0.29) is 12.0 Å². The summed E-state index contributed by atoms with van der Waals surface area (Å²) in [5.74, 6) is 2.06. The highest BCUT2D eigenvalue weighted by atomic mass is 32.1. The van der Waals surface area contributed by atoms with Crippen LogP contribution < -0.4 is 15.0 Å². The fraction of sp³-hybridized carbons (Fsp3) is 0.433. The Morgan fingerprint density at radius 3 is 2.56 bits per heavy atom. The Balaban J connectivity index is 1.28. The summed E-state index contributed by atoms with van der Waals surface area (Å²) in [7, 11) is 0. The van der Waals surface area contributed by atoms with Gasteiger partial charge in [-0.2, -0.15) is 4.98 Å². The summed E-state index contributed by atoms with van der Waals surface area (Å²) >= 11 is 1.55. The number of hydrogen-bond acceptors (Lipinski definition) is 10. The van der Waals surface area contributed by atoms with Gasteiger partial charge in [-0.1, -0.05) is 30.3 Å². The van der Waals surface area contributed by atoms with Crippen LogP contribution in [0.5, 0.6) is 5.88 Å². The van der Waals surface area contributed by atoms with Gasteiger partial charge in [0.25, 0.3) is 0 Å². The molecular formula is C30H35N7O3S. The fourth-order valence-electron chi connectivity index (χ4n) is 5.13. The number of rotatable bonds is 5. The summed E-state index contributed by atoms with van der Waals surface area (Å²) in [5.41, 5.74) is 3.24. The van der Waals surface area contributed by atoms with Crippen molar-refractivity contribution in [3.8, 4) is 17.3 Å². The molecule has 0 aliphatic carbocycles. The molecule has 0 bridgehead atoms. The molecular weight excluding hydrogens is 538 g/mol. The minimum atomic E-state index is -0.525. The van der Waals surface area contributed by atoms with E-state index >= 15 is 0 Å². The van der Waals surface area contributed by atoms with Gasteiger partial charge in [-0.15, -0.1) is 11.3 Å². The number of aryl methyl sites for hydroxylation is 1. The molecule has 3 aromatic heterocycles. The highest BCUT2D eigenvalue weighted by Crippen LogP contribution is 2.40. The van der Waals surface area contributed by atoms with Crippen molar-refractivity contribution in [1.82, 2.24) is 30.2 Å². The number of piperazine rings is 1. The number of hydrogen-bond donors (Lipinski definition) is 1. The van der Waals surface area contributed by atoms with Gasteiger partial charge < -0.3 is 19.7 Å². The van der Waals surface area contributed by atoms with E-state index in [4.69, 9.17) is 29.4 Å². The molecule has 1 saturated heterocycles. The SMILES string of the molecule is CCOc1nc(N2CCNCC2)nc2c1sc1nc(-c3ccc(C4C=CN(C(=O)OC(C)(C)C)C4)cc3)nc(C)c12. The Labute approximate surface area is 243 Å². The normalized spacial score (nSPS) is 17.5. The number of carbonyl (C=O) groups excluding carboxylic acids is 1. The summed E-state index contributed by atoms with van der Waals surface area (Å²) in [6, 6.07) is 8.24. The molecule has 1 unspecified atom stereocenters. The van der Waals surface area contributed by atoms with Crippen LogP contribution in [0.4, 0.5) is 10.7 Å². The number of nitrogens with one attached hydrogen (secondary N) is 1. The molecule has 2 aliphatic rings. The van der Waals surface area contributed by atoms with Gasteiger partial charge in [0.2, 0.25) is 11.8 Å². The first-order chi connectivity index (χ1) is 19.7. The minimum absolute atomic E-state index is 0.102. The van der Waals surface area contributed by atoms with Gasteiger partial charge in [0.15, 0.2) is 5.82 Å². The summed E-state index contributed by atoms with van der Waals surface area (Å²) in [5, 5.41) is 4.33. The fourth-order valence-corrected chi connectivity index (χ4v) is 6.24. The maximum Gasteiger partial charge on any atom is 0.414 e. The molecule has 0 spiro atoms. The van der Waals surface area contributed by atoms with Crippen molar-refractivity contribution in [1.29, 1.82) is 0 Å². The van der Waals surface area contributed by atoms with Crippen molar-refractivity contribution in [2.75, 3.05) is 44.2 Å². The Kier molecular flexibility index (Phi) is 7.25. The predicted molar refractivity (Wildman–Crippen MR) is 162 cm³/mol. The van der Waals surface area contributed by atoms with Gasteiger partial charge in [0, 0.05) is 50.4 Å². The number of amides is 1. The first-order valence-electron chi connectivity index (χ1n) is 14.1. The number of ether oxygens (including phenoxy) is 2. The molecule has 1 fully saturated rings. The summed E-state index contributed by atoms with van der Waals surface area (Å²) in [6.45, 7) is 14.2. The second-order valence-electron chi connectivity index (χ2n) is 11.3. The quantitative estimate of drug-likeness (QED) is 0.342. The Bertz CT molecular complexity index is 1620. The lowest BCUT2D eigenvalue weighted by Gasteiger charge is -2.27. The van der Waals surface area contributed by atoms with Crippen molar-refractivity contribution < 1.29 is 14.3 Å². The number of nitrogens with zero attached hydrogens (tertiary/aromatic N) is 6. The summed E-state index contributed by atoms with van der Waals surface area (Å²) in [6.07, 6.45) is 3.52. The second kappa shape index (κ2) is 10.9. The minimum Gasteiger partial charge on any atom is -0.477 e. The lowest BCUT2D eigenvalue weighted by molar-refractivity contribution is 0.0345. The summed E-state index contributed by atoms with van der Waals surface area (Å²) < 4.78 is 12.4. The Morgan fingerprint density at radius 1 is 1.10 bits per heavy atom. The number of thiophene rings is 1. The van der Waals surface area contributed by atoms with E-state index in [9.17, 15) is 4.79 Å². The Morgan fingerprint density at radius 2 is 1.85 bits per heavy atom. The van der Waals surface area contributed by atoms with E-state index in [0.717, 1.165) is 63.4 Å². The standard InChI is InChI=1S/C30H35N7O3S/c1-6-39-26-24-23(33-28(35-26)36-15-12-31-13-16-36)22-18(2)32-25(34-27(22)41-24)20-9-7-19(8-10-20)21-11-14-37(17-21)29(38)40-30(3,4)5/h7-11,14,21,31H,6,12-13,15-17H2,1-5H3. The lowest BCUT2D eigenvalue weighted by Crippen LogP contribution is -2.44. The topological polar surface area (TPSA) is 106 Å². The van der Waals surface area contributed by atoms with Gasteiger partial charge in [-0.3, -0.25) is 4.90 Å². The smallest absolute Gasteiger partial charge is 0.414 e. The number of aromatic nitrogens is 4. The first-order valence-corrected chi connectivity index (χ1v) is 14.9. The van der Waals surface area contributed by atoms with E-state index < -0.39 is 5.60 Å².